The predicted octanol–water partition coefficient (Wildman–Crippen LogP) is 6.16. The van der Waals surface area contributed by atoms with Crippen molar-refractivity contribution in [3.05, 3.63) is 57.7 Å². The Labute approximate surface area is 147 Å². The quantitative estimate of drug-likeness (QED) is 0.404. The topological polar surface area (TPSA) is 17.3 Å². The number of imidazole rings is 1. The molecule has 2 aromatic carbocycles. The molecule has 0 amide bonds. The number of fused-ring (bicyclic) bond motifs is 3. The number of hydrogen-bond donors (Lipinski definition) is 0. The minimum absolute atomic E-state index is 0.964. The second-order valence-corrected chi connectivity index (χ2v) is 7.77. The molecule has 0 N–H and O–H groups in total. The number of nitrogens with zero attached hydrogens (tertiary/aromatic N) is 2. The molecule has 0 atom stereocenters. The maximum absolute atomic E-state index is 4.96. The number of aromatic nitrogens is 2. The minimum Gasteiger partial charge on any atom is -0.286 e. The Hall–Kier alpha value is -1.65. The first-order chi connectivity index (χ1) is 11.1. The zero-order valence-corrected chi connectivity index (χ0v) is 15.8. The van der Waals surface area contributed by atoms with E-state index in [1.807, 2.05) is 0 Å². The second kappa shape index (κ2) is 5.46. The van der Waals surface area contributed by atoms with Gasteiger partial charge in [-0.15, -0.1) is 0 Å². The lowest BCUT2D eigenvalue weighted by Crippen LogP contribution is -1.94. The lowest BCUT2D eigenvalue weighted by atomic mass is 10.1. The summed E-state index contributed by atoms with van der Waals surface area (Å²) in [4.78, 5) is 6.04. The van der Waals surface area contributed by atoms with Crippen LogP contribution in [0, 0.1) is 13.8 Å². The summed E-state index contributed by atoms with van der Waals surface area (Å²) in [6.45, 7) is 6.60. The van der Waals surface area contributed by atoms with Crippen LogP contribution in [0.15, 0.2) is 40.9 Å². The lowest BCUT2D eigenvalue weighted by Gasteiger charge is -2.06. The van der Waals surface area contributed by atoms with E-state index >= 15 is 0 Å². The molecule has 0 saturated heterocycles. The van der Waals surface area contributed by atoms with Crippen LogP contribution in [0.4, 0.5) is 0 Å². The summed E-state index contributed by atoms with van der Waals surface area (Å²) in [5.41, 5.74) is 7.58. The van der Waals surface area contributed by atoms with Gasteiger partial charge < -0.3 is 0 Å². The summed E-state index contributed by atoms with van der Waals surface area (Å²) >= 11 is 5.28. The average Bonchev–Trinajstić information content (AvgIpc) is 3.07. The standard InChI is InChI=1S/C19H17BrN2S/c1-4-15-17(13-6-8-14(20)9-7-13)21-19-22(15)18-12(3)11(2)5-10-16(18)23-19/h5-10H,4H2,1-3H3. The predicted molar refractivity (Wildman–Crippen MR) is 103 cm³/mol. The molecule has 2 nitrogen and oxygen atoms in total. The van der Waals surface area contributed by atoms with Crippen LogP contribution in [0.2, 0.25) is 0 Å². The van der Waals surface area contributed by atoms with Crippen molar-refractivity contribution < 1.29 is 0 Å². The highest BCUT2D eigenvalue weighted by Gasteiger charge is 2.18. The Morgan fingerprint density at radius 2 is 1.83 bits per heavy atom. The van der Waals surface area contributed by atoms with Crippen molar-refractivity contribution in [2.75, 3.05) is 0 Å². The smallest absolute Gasteiger partial charge is 0.195 e. The molecule has 0 radical (unpaired) electrons. The molecule has 0 unspecified atom stereocenters. The fourth-order valence-corrected chi connectivity index (χ4v) is 4.50. The third-order valence-electron chi connectivity index (χ3n) is 4.48. The van der Waals surface area contributed by atoms with E-state index in [-0.39, 0.29) is 0 Å². The minimum atomic E-state index is 0.964. The molecule has 116 valence electrons. The van der Waals surface area contributed by atoms with Crippen LogP contribution in [0.3, 0.4) is 0 Å². The van der Waals surface area contributed by atoms with E-state index in [4.69, 9.17) is 4.98 Å². The number of thiazole rings is 1. The van der Waals surface area contributed by atoms with Gasteiger partial charge in [0.1, 0.15) is 0 Å². The molecule has 0 saturated carbocycles. The summed E-state index contributed by atoms with van der Waals surface area (Å²) in [5, 5.41) is 0. The Morgan fingerprint density at radius 1 is 1.09 bits per heavy atom. The van der Waals surface area contributed by atoms with E-state index in [1.54, 1.807) is 11.3 Å². The molecule has 0 bridgehead atoms. The highest BCUT2D eigenvalue weighted by molar-refractivity contribution is 9.10. The fourth-order valence-electron chi connectivity index (χ4n) is 3.13. The van der Waals surface area contributed by atoms with Crippen LogP contribution in [-0.4, -0.2) is 9.38 Å². The van der Waals surface area contributed by atoms with Crippen molar-refractivity contribution in [3.8, 4) is 11.3 Å². The number of benzene rings is 2. The molecule has 4 heteroatoms. The van der Waals surface area contributed by atoms with Gasteiger partial charge in [-0.25, -0.2) is 4.98 Å². The zero-order valence-electron chi connectivity index (χ0n) is 13.4. The lowest BCUT2D eigenvalue weighted by molar-refractivity contribution is 1.03. The van der Waals surface area contributed by atoms with Gasteiger partial charge in [-0.1, -0.05) is 52.4 Å². The highest BCUT2D eigenvalue weighted by atomic mass is 79.9. The van der Waals surface area contributed by atoms with E-state index in [0.717, 1.165) is 21.5 Å². The van der Waals surface area contributed by atoms with E-state index in [1.165, 1.54) is 32.6 Å². The van der Waals surface area contributed by atoms with Crippen molar-refractivity contribution in [3.63, 3.8) is 0 Å². The second-order valence-electron chi connectivity index (χ2n) is 5.84. The molecule has 2 aromatic heterocycles. The maximum Gasteiger partial charge on any atom is 0.195 e. The van der Waals surface area contributed by atoms with Crippen molar-refractivity contribution in [2.24, 2.45) is 0 Å². The van der Waals surface area contributed by atoms with Crippen LogP contribution < -0.4 is 0 Å². The van der Waals surface area contributed by atoms with Gasteiger partial charge in [0.15, 0.2) is 4.96 Å². The number of hydrogen-bond acceptors (Lipinski definition) is 2. The van der Waals surface area contributed by atoms with Gasteiger partial charge in [-0.05, 0) is 49.6 Å². The van der Waals surface area contributed by atoms with Gasteiger partial charge >= 0.3 is 0 Å². The summed E-state index contributed by atoms with van der Waals surface area (Å²) in [6, 6.07) is 12.8. The largest absolute Gasteiger partial charge is 0.286 e. The summed E-state index contributed by atoms with van der Waals surface area (Å²) in [6.07, 6.45) is 0.964. The first-order valence-electron chi connectivity index (χ1n) is 7.76. The number of halogens is 1. The zero-order chi connectivity index (χ0) is 16.1. The van der Waals surface area contributed by atoms with E-state index in [9.17, 15) is 0 Å². The normalized spacial score (nSPS) is 11.7. The molecule has 0 aliphatic heterocycles. The van der Waals surface area contributed by atoms with E-state index < -0.39 is 0 Å². The molecule has 2 heterocycles. The number of aryl methyl sites for hydroxylation is 3. The third kappa shape index (κ3) is 2.24. The van der Waals surface area contributed by atoms with Crippen LogP contribution >= 0.6 is 27.3 Å². The highest BCUT2D eigenvalue weighted by Crippen LogP contribution is 2.35. The molecule has 0 fully saturated rings. The summed E-state index contributed by atoms with van der Waals surface area (Å²) < 4.78 is 4.77. The summed E-state index contributed by atoms with van der Waals surface area (Å²) in [7, 11) is 0. The Bertz CT molecular complexity index is 1030. The molecule has 4 rings (SSSR count). The third-order valence-corrected chi connectivity index (χ3v) is 6.02. The molecule has 0 spiro atoms. The molecular formula is C19H17BrN2S. The van der Waals surface area contributed by atoms with Crippen molar-refractivity contribution in [1.82, 2.24) is 9.38 Å². The Morgan fingerprint density at radius 3 is 2.52 bits per heavy atom. The first-order valence-corrected chi connectivity index (χ1v) is 9.37. The SMILES string of the molecule is CCc1c(-c2ccc(Br)cc2)nc2sc3ccc(C)c(C)c3n12. The monoisotopic (exact) mass is 384 g/mol. The Balaban J connectivity index is 2.08. The molecule has 4 aromatic rings. The van der Waals surface area contributed by atoms with Crippen molar-refractivity contribution in [2.45, 2.75) is 27.2 Å². The van der Waals surface area contributed by atoms with Crippen molar-refractivity contribution in [1.29, 1.82) is 0 Å². The fraction of sp³-hybridized carbons (Fsp3) is 0.211. The van der Waals surface area contributed by atoms with Crippen LogP contribution in [0.1, 0.15) is 23.7 Å². The molecular weight excluding hydrogens is 368 g/mol. The molecule has 23 heavy (non-hydrogen) atoms. The maximum atomic E-state index is 4.96. The van der Waals surface area contributed by atoms with Crippen LogP contribution in [0.5, 0.6) is 0 Å². The molecule has 0 aliphatic rings. The number of rotatable bonds is 2. The van der Waals surface area contributed by atoms with Crippen LogP contribution in [-0.2, 0) is 6.42 Å². The van der Waals surface area contributed by atoms with Gasteiger partial charge in [0, 0.05) is 10.0 Å². The van der Waals surface area contributed by atoms with Crippen LogP contribution in [0.25, 0.3) is 26.4 Å². The molecule has 0 aliphatic carbocycles. The van der Waals surface area contributed by atoms with Gasteiger partial charge in [0.05, 0.1) is 21.6 Å². The van der Waals surface area contributed by atoms with Gasteiger partial charge in [-0.2, -0.15) is 0 Å². The van der Waals surface area contributed by atoms with Gasteiger partial charge in [0.25, 0.3) is 0 Å². The average molecular weight is 385 g/mol. The summed E-state index contributed by atoms with van der Waals surface area (Å²) in [5.74, 6) is 0. The Kier molecular flexibility index (Phi) is 3.54. The van der Waals surface area contributed by atoms with Gasteiger partial charge in [-0.3, -0.25) is 4.40 Å². The van der Waals surface area contributed by atoms with E-state index in [0.29, 0.717) is 0 Å². The van der Waals surface area contributed by atoms with Crippen molar-refractivity contribution >= 4 is 42.4 Å². The first kappa shape index (κ1) is 14.9. The van der Waals surface area contributed by atoms with E-state index in [2.05, 4.69) is 77.5 Å². The van der Waals surface area contributed by atoms with Gasteiger partial charge in [0.2, 0.25) is 0 Å².